The van der Waals surface area contributed by atoms with Crippen molar-refractivity contribution in [2.24, 2.45) is 0 Å². The molecule has 9 heteroatoms. The smallest absolute Gasteiger partial charge is 0.225 e. The van der Waals surface area contributed by atoms with Gasteiger partial charge in [0.05, 0.1) is 48.7 Å². The molecular formula is C21H24FN5O3. The van der Waals surface area contributed by atoms with E-state index in [1.807, 2.05) is 6.07 Å². The minimum Gasteiger partial charge on any atom is -0.506 e. The Balaban J connectivity index is 1.37. The lowest BCUT2D eigenvalue weighted by Crippen LogP contribution is -2.36. The molecule has 0 aromatic carbocycles. The third-order valence-electron chi connectivity index (χ3n) is 5.82. The van der Waals surface area contributed by atoms with E-state index in [4.69, 9.17) is 14.5 Å². The monoisotopic (exact) mass is 413 g/mol. The molecule has 0 unspecified atom stereocenters. The van der Waals surface area contributed by atoms with Gasteiger partial charge in [-0.3, -0.25) is 9.67 Å². The van der Waals surface area contributed by atoms with Gasteiger partial charge in [-0.25, -0.2) is 4.39 Å². The first kappa shape index (κ1) is 19.0. The second-order valence-corrected chi connectivity index (χ2v) is 7.83. The molecule has 5 rings (SSSR count). The van der Waals surface area contributed by atoms with Gasteiger partial charge in [0.1, 0.15) is 17.7 Å². The zero-order chi connectivity index (χ0) is 20.5. The molecular weight excluding hydrogens is 389 g/mol. The van der Waals surface area contributed by atoms with Crippen LogP contribution in [0.2, 0.25) is 0 Å². The standard InChI is InChI=1S/C21H24FN5O3/c22-14-11-24-27(13-14)15-1-3-17(4-2-15)30-21-18-9-16(28)12-23-19(18)10-20(25-21)26-5-7-29-8-6-26/h9-13,15,17,28H,1-8H2/t15-,17+. The van der Waals surface area contributed by atoms with Gasteiger partial charge in [0.15, 0.2) is 5.82 Å². The van der Waals surface area contributed by atoms with Gasteiger partial charge in [-0.2, -0.15) is 10.1 Å². The molecule has 1 saturated carbocycles. The Labute approximate surface area is 173 Å². The Bertz CT molecular complexity index is 1030. The molecule has 8 nitrogen and oxygen atoms in total. The number of hydrogen-bond acceptors (Lipinski definition) is 7. The van der Waals surface area contributed by atoms with Crippen molar-refractivity contribution < 1.29 is 19.0 Å². The van der Waals surface area contributed by atoms with E-state index in [0.29, 0.717) is 24.5 Å². The lowest BCUT2D eigenvalue weighted by Gasteiger charge is -2.30. The minimum absolute atomic E-state index is 0.000327. The van der Waals surface area contributed by atoms with Crippen LogP contribution >= 0.6 is 0 Å². The Hall–Kier alpha value is -2.94. The van der Waals surface area contributed by atoms with E-state index < -0.39 is 0 Å². The van der Waals surface area contributed by atoms with Gasteiger partial charge in [0.25, 0.3) is 0 Å². The zero-order valence-corrected chi connectivity index (χ0v) is 16.6. The molecule has 0 amide bonds. The van der Waals surface area contributed by atoms with Crippen molar-refractivity contribution in [3.8, 4) is 11.6 Å². The molecule has 30 heavy (non-hydrogen) atoms. The fourth-order valence-corrected chi connectivity index (χ4v) is 4.21. The number of morpholine rings is 1. The fraction of sp³-hybridized carbons (Fsp3) is 0.476. The second-order valence-electron chi connectivity index (χ2n) is 7.83. The second kappa shape index (κ2) is 8.06. The molecule has 1 aliphatic heterocycles. The molecule has 0 bridgehead atoms. The van der Waals surface area contributed by atoms with E-state index in [1.54, 1.807) is 10.7 Å². The number of halogens is 1. The van der Waals surface area contributed by atoms with Gasteiger partial charge >= 0.3 is 0 Å². The summed E-state index contributed by atoms with van der Waals surface area (Å²) in [6.07, 6.45) is 7.49. The molecule has 3 aromatic heterocycles. The van der Waals surface area contributed by atoms with Gasteiger partial charge in [-0.15, -0.1) is 0 Å². The van der Waals surface area contributed by atoms with Crippen molar-refractivity contribution in [1.29, 1.82) is 0 Å². The van der Waals surface area contributed by atoms with Crippen molar-refractivity contribution in [1.82, 2.24) is 19.7 Å². The number of anilines is 1. The van der Waals surface area contributed by atoms with E-state index in [1.165, 1.54) is 18.6 Å². The summed E-state index contributed by atoms with van der Waals surface area (Å²) in [7, 11) is 0. The summed E-state index contributed by atoms with van der Waals surface area (Å²) < 4.78 is 26.7. The van der Waals surface area contributed by atoms with Crippen LogP contribution in [0.1, 0.15) is 31.7 Å². The van der Waals surface area contributed by atoms with Crippen LogP contribution in [0.3, 0.4) is 0 Å². The van der Waals surface area contributed by atoms with Gasteiger partial charge in [0.2, 0.25) is 5.88 Å². The van der Waals surface area contributed by atoms with Crippen LogP contribution in [-0.4, -0.2) is 57.3 Å². The predicted molar refractivity (Wildman–Crippen MR) is 108 cm³/mol. The zero-order valence-electron chi connectivity index (χ0n) is 16.6. The maximum atomic E-state index is 13.3. The number of aromatic hydroxyl groups is 1. The highest BCUT2D eigenvalue weighted by molar-refractivity contribution is 5.86. The lowest BCUT2D eigenvalue weighted by atomic mass is 9.93. The van der Waals surface area contributed by atoms with Gasteiger partial charge in [0, 0.05) is 19.2 Å². The fourth-order valence-electron chi connectivity index (χ4n) is 4.21. The molecule has 158 valence electrons. The molecule has 4 heterocycles. The largest absolute Gasteiger partial charge is 0.506 e. The summed E-state index contributed by atoms with van der Waals surface area (Å²) in [4.78, 5) is 11.3. The van der Waals surface area contributed by atoms with Crippen molar-refractivity contribution in [2.75, 3.05) is 31.2 Å². The van der Waals surface area contributed by atoms with Crippen LogP contribution in [0.5, 0.6) is 11.6 Å². The molecule has 2 fully saturated rings. The van der Waals surface area contributed by atoms with E-state index >= 15 is 0 Å². The Morgan fingerprint density at radius 1 is 1.10 bits per heavy atom. The average Bonchev–Trinajstić information content (AvgIpc) is 3.21. The summed E-state index contributed by atoms with van der Waals surface area (Å²) in [5.74, 6) is 1.07. The number of ether oxygens (including phenoxy) is 2. The summed E-state index contributed by atoms with van der Waals surface area (Å²) in [6, 6.07) is 3.76. The quantitative estimate of drug-likeness (QED) is 0.704. The highest BCUT2D eigenvalue weighted by Gasteiger charge is 2.26. The van der Waals surface area contributed by atoms with Gasteiger partial charge in [-0.1, -0.05) is 0 Å². The van der Waals surface area contributed by atoms with E-state index in [2.05, 4.69) is 15.0 Å². The molecule has 1 N–H and O–H groups in total. The first-order valence-electron chi connectivity index (χ1n) is 10.3. The first-order valence-corrected chi connectivity index (χ1v) is 10.3. The van der Waals surface area contributed by atoms with E-state index in [9.17, 15) is 9.50 Å². The number of hydrogen-bond donors (Lipinski definition) is 1. The SMILES string of the molecule is Oc1cnc2cc(N3CCOCC3)nc(O[C@H]3CC[C@@H](n4cc(F)cn4)CC3)c2c1. The third kappa shape index (κ3) is 3.89. The van der Waals surface area contributed by atoms with Crippen molar-refractivity contribution in [2.45, 2.75) is 37.8 Å². The molecule has 1 aliphatic carbocycles. The number of nitrogens with zero attached hydrogens (tertiary/aromatic N) is 5. The number of rotatable bonds is 4. The van der Waals surface area contributed by atoms with E-state index in [-0.39, 0.29) is 23.7 Å². The van der Waals surface area contributed by atoms with Crippen molar-refractivity contribution in [3.05, 3.63) is 36.5 Å². The lowest BCUT2D eigenvalue weighted by molar-refractivity contribution is 0.120. The van der Waals surface area contributed by atoms with Crippen LogP contribution in [0.4, 0.5) is 10.2 Å². The summed E-state index contributed by atoms with van der Waals surface area (Å²) in [5.41, 5.74) is 0.736. The molecule has 0 radical (unpaired) electrons. The van der Waals surface area contributed by atoms with E-state index in [0.717, 1.165) is 50.1 Å². The summed E-state index contributed by atoms with van der Waals surface area (Å²) >= 11 is 0. The Kier molecular flexibility index (Phi) is 5.12. The maximum absolute atomic E-state index is 13.3. The summed E-state index contributed by atoms with van der Waals surface area (Å²) in [6.45, 7) is 2.86. The third-order valence-corrected chi connectivity index (χ3v) is 5.82. The topological polar surface area (TPSA) is 85.5 Å². The highest BCUT2D eigenvalue weighted by Crippen LogP contribution is 2.34. The average molecular weight is 413 g/mol. The Morgan fingerprint density at radius 2 is 1.90 bits per heavy atom. The minimum atomic E-state index is -0.309. The number of aromatic nitrogens is 4. The molecule has 3 aromatic rings. The first-order chi connectivity index (χ1) is 14.7. The molecule has 2 aliphatic rings. The van der Waals surface area contributed by atoms with Crippen molar-refractivity contribution >= 4 is 16.7 Å². The van der Waals surface area contributed by atoms with Crippen LogP contribution in [0.15, 0.2) is 30.7 Å². The highest BCUT2D eigenvalue weighted by atomic mass is 19.1. The molecule has 1 saturated heterocycles. The van der Waals surface area contributed by atoms with Gasteiger partial charge in [-0.05, 0) is 31.7 Å². The van der Waals surface area contributed by atoms with Crippen LogP contribution in [-0.2, 0) is 4.74 Å². The maximum Gasteiger partial charge on any atom is 0.225 e. The van der Waals surface area contributed by atoms with Gasteiger partial charge < -0.3 is 19.5 Å². The molecule has 0 atom stereocenters. The van der Waals surface area contributed by atoms with Crippen molar-refractivity contribution in [3.63, 3.8) is 0 Å². The van der Waals surface area contributed by atoms with Crippen LogP contribution < -0.4 is 9.64 Å². The molecule has 0 spiro atoms. The van der Waals surface area contributed by atoms with Crippen LogP contribution in [0, 0.1) is 5.82 Å². The number of fused-ring (bicyclic) bond motifs is 1. The van der Waals surface area contributed by atoms with Crippen LogP contribution in [0.25, 0.3) is 10.9 Å². The predicted octanol–water partition coefficient (Wildman–Crippen LogP) is 3.07. The normalized spacial score (nSPS) is 22.4. The number of pyridine rings is 2. The Morgan fingerprint density at radius 3 is 2.63 bits per heavy atom. The summed E-state index contributed by atoms with van der Waals surface area (Å²) in [5, 5.41) is 14.7.